The third-order valence-electron chi connectivity index (χ3n) is 3.07. The first-order valence-corrected chi connectivity index (χ1v) is 6.50. The van der Waals surface area contributed by atoms with Gasteiger partial charge in [-0.2, -0.15) is 0 Å². The number of hydrogen-bond donors (Lipinski definition) is 1. The van der Waals surface area contributed by atoms with Gasteiger partial charge in [0.2, 0.25) is 0 Å². The quantitative estimate of drug-likeness (QED) is 0.877. The largest absolute Gasteiger partial charge is 0.395 e. The van der Waals surface area contributed by atoms with Crippen LogP contribution in [0.4, 0.5) is 8.78 Å². The molecule has 0 heterocycles. The minimum atomic E-state index is -0.454. The van der Waals surface area contributed by atoms with Crippen molar-refractivity contribution in [1.29, 1.82) is 0 Å². The van der Waals surface area contributed by atoms with Gasteiger partial charge >= 0.3 is 0 Å². The van der Waals surface area contributed by atoms with E-state index in [9.17, 15) is 8.78 Å². The van der Waals surface area contributed by atoms with Gasteiger partial charge in [0.15, 0.2) is 0 Å². The first-order valence-electron chi connectivity index (χ1n) is 6.50. The van der Waals surface area contributed by atoms with E-state index < -0.39 is 11.6 Å². The average Bonchev–Trinajstić information content (AvgIpc) is 2.44. The van der Waals surface area contributed by atoms with Gasteiger partial charge in [0.1, 0.15) is 11.6 Å². The molecular weight excluding hydrogens is 260 g/mol. The molecule has 0 aliphatic heterocycles. The van der Waals surface area contributed by atoms with Crippen LogP contribution in [0.15, 0.2) is 48.5 Å². The van der Waals surface area contributed by atoms with E-state index in [-0.39, 0.29) is 13.2 Å². The van der Waals surface area contributed by atoms with Crippen molar-refractivity contribution in [2.24, 2.45) is 0 Å². The summed E-state index contributed by atoms with van der Waals surface area (Å²) in [5, 5.41) is 9.11. The van der Waals surface area contributed by atoms with Crippen LogP contribution in [0.25, 0.3) is 0 Å². The Balaban J connectivity index is 2.11. The van der Waals surface area contributed by atoms with E-state index in [0.717, 1.165) is 17.7 Å². The monoisotopic (exact) mass is 277 g/mol. The summed E-state index contributed by atoms with van der Waals surface area (Å²) in [6.45, 7) is 1.23. The lowest BCUT2D eigenvalue weighted by Gasteiger charge is -2.21. The van der Waals surface area contributed by atoms with E-state index in [0.29, 0.717) is 18.7 Å². The first kappa shape index (κ1) is 14.6. The fraction of sp³-hybridized carbons (Fsp3) is 0.250. The number of aliphatic hydroxyl groups is 1. The second-order valence-electron chi connectivity index (χ2n) is 4.66. The molecule has 4 heteroatoms. The Morgan fingerprint density at radius 1 is 0.950 bits per heavy atom. The summed E-state index contributed by atoms with van der Waals surface area (Å²) in [7, 11) is 0. The highest BCUT2D eigenvalue weighted by Crippen LogP contribution is 2.14. The molecule has 2 aromatic carbocycles. The van der Waals surface area contributed by atoms with Gasteiger partial charge in [0.25, 0.3) is 0 Å². The number of hydrogen-bond acceptors (Lipinski definition) is 2. The molecule has 0 spiro atoms. The molecule has 0 bridgehead atoms. The van der Waals surface area contributed by atoms with Crippen LogP contribution in [-0.2, 0) is 13.1 Å². The van der Waals surface area contributed by atoms with Crippen LogP contribution in [-0.4, -0.2) is 23.2 Å². The van der Waals surface area contributed by atoms with Crippen molar-refractivity contribution in [3.8, 4) is 0 Å². The molecule has 0 fully saturated rings. The van der Waals surface area contributed by atoms with Gasteiger partial charge in [-0.1, -0.05) is 30.3 Å². The minimum absolute atomic E-state index is 0.0240. The Morgan fingerprint density at radius 3 is 2.40 bits per heavy atom. The maximum Gasteiger partial charge on any atom is 0.127 e. The summed E-state index contributed by atoms with van der Waals surface area (Å²) in [6.07, 6.45) is 0. The lowest BCUT2D eigenvalue weighted by atomic mass is 10.1. The highest BCUT2D eigenvalue weighted by Gasteiger charge is 2.10. The predicted molar refractivity (Wildman–Crippen MR) is 74.0 cm³/mol. The molecule has 0 atom stereocenters. The Kier molecular flexibility index (Phi) is 5.21. The number of benzene rings is 2. The molecule has 0 unspecified atom stereocenters. The van der Waals surface area contributed by atoms with Crippen LogP contribution >= 0.6 is 0 Å². The summed E-state index contributed by atoms with van der Waals surface area (Å²) >= 11 is 0. The summed E-state index contributed by atoms with van der Waals surface area (Å²) in [5.74, 6) is -0.882. The van der Waals surface area contributed by atoms with E-state index in [4.69, 9.17) is 5.11 Å². The molecule has 106 valence electrons. The van der Waals surface area contributed by atoms with Gasteiger partial charge in [0, 0.05) is 25.2 Å². The highest BCUT2D eigenvalue weighted by molar-refractivity contribution is 5.19. The molecule has 0 saturated carbocycles. The molecule has 0 aliphatic rings. The molecule has 0 aromatic heterocycles. The van der Waals surface area contributed by atoms with Crippen LogP contribution in [0.5, 0.6) is 0 Å². The van der Waals surface area contributed by atoms with Crippen molar-refractivity contribution in [3.63, 3.8) is 0 Å². The van der Waals surface area contributed by atoms with Crippen LogP contribution < -0.4 is 0 Å². The van der Waals surface area contributed by atoms with Gasteiger partial charge in [-0.15, -0.1) is 0 Å². The normalized spacial score (nSPS) is 11.0. The summed E-state index contributed by atoms with van der Waals surface area (Å²) < 4.78 is 26.8. The van der Waals surface area contributed by atoms with Gasteiger partial charge in [-0.25, -0.2) is 8.78 Å². The van der Waals surface area contributed by atoms with Gasteiger partial charge in [-0.05, 0) is 23.8 Å². The maximum atomic E-state index is 13.7. The highest BCUT2D eigenvalue weighted by atomic mass is 19.1. The molecular formula is C16H17F2NO. The molecule has 0 radical (unpaired) electrons. The third kappa shape index (κ3) is 4.11. The number of rotatable bonds is 6. The zero-order valence-electron chi connectivity index (χ0n) is 11.1. The standard InChI is InChI=1S/C16H17F2NO/c17-15-6-7-16(18)14(10-15)12-19(8-9-20)11-13-4-2-1-3-5-13/h1-7,10,20H,8-9,11-12H2. The summed E-state index contributed by atoms with van der Waals surface area (Å²) in [5.41, 5.74) is 1.37. The van der Waals surface area contributed by atoms with E-state index in [1.165, 1.54) is 6.07 Å². The average molecular weight is 277 g/mol. The van der Waals surface area contributed by atoms with Crippen LogP contribution in [0.3, 0.4) is 0 Å². The zero-order chi connectivity index (χ0) is 14.4. The molecule has 0 amide bonds. The van der Waals surface area contributed by atoms with Crippen LogP contribution in [0.2, 0.25) is 0 Å². The van der Waals surface area contributed by atoms with E-state index in [1.54, 1.807) is 0 Å². The zero-order valence-corrected chi connectivity index (χ0v) is 11.1. The Morgan fingerprint density at radius 2 is 1.70 bits per heavy atom. The minimum Gasteiger partial charge on any atom is -0.395 e. The molecule has 2 nitrogen and oxygen atoms in total. The van der Waals surface area contributed by atoms with E-state index >= 15 is 0 Å². The molecule has 20 heavy (non-hydrogen) atoms. The molecule has 0 saturated heterocycles. The topological polar surface area (TPSA) is 23.5 Å². The number of halogens is 2. The fourth-order valence-corrected chi connectivity index (χ4v) is 2.10. The van der Waals surface area contributed by atoms with Crippen molar-refractivity contribution in [2.75, 3.05) is 13.2 Å². The Labute approximate surface area is 117 Å². The molecule has 1 N–H and O–H groups in total. The lowest BCUT2D eigenvalue weighted by molar-refractivity contribution is 0.182. The third-order valence-corrected chi connectivity index (χ3v) is 3.07. The SMILES string of the molecule is OCCN(Cc1ccccc1)Cc1cc(F)ccc1F. The second kappa shape index (κ2) is 7.12. The van der Waals surface area contributed by atoms with Gasteiger partial charge < -0.3 is 5.11 Å². The van der Waals surface area contributed by atoms with Crippen LogP contribution in [0, 0.1) is 11.6 Å². The second-order valence-corrected chi connectivity index (χ2v) is 4.66. The van der Waals surface area contributed by atoms with E-state index in [2.05, 4.69) is 0 Å². The molecule has 0 aliphatic carbocycles. The van der Waals surface area contributed by atoms with Crippen molar-refractivity contribution >= 4 is 0 Å². The lowest BCUT2D eigenvalue weighted by Crippen LogP contribution is -2.26. The number of aliphatic hydroxyl groups excluding tert-OH is 1. The first-order chi connectivity index (χ1) is 9.69. The van der Waals surface area contributed by atoms with Crippen molar-refractivity contribution in [2.45, 2.75) is 13.1 Å². The van der Waals surface area contributed by atoms with E-state index in [1.807, 2.05) is 35.2 Å². The molecule has 2 rings (SSSR count). The summed E-state index contributed by atoms with van der Waals surface area (Å²) in [6, 6.07) is 13.1. The Bertz CT molecular complexity index is 545. The van der Waals surface area contributed by atoms with Crippen molar-refractivity contribution in [3.05, 3.63) is 71.3 Å². The van der Waals surface area contributed by atoms with Crippen molar-refractivity contribution in [1.82, 2.24) is 4.90 Å². The maximum absolute atomic E-state index is 13.7. The Hall–Kier alpha value is -1.78. The van der Waals surface area contributed by atoms with Gasteiger partial charge in [0.05, 0.1) is 6.61 Å². The number of nitrogens with zero attached hydrogens (tertiary/aromatic N) is 1. The predicted octanol–water partition coefficient (Wildman–Crippen LogP) is 2.96. The smallest absolute Gasteiger partial charge is 0.127 e. The van der Waals surface area contributed by atoms with Crippen LogP contribution in [0.1, 0.15) is 11.1 Å². The fourth-order valence-electron chi connectivity index (χ4n) is 2.10. The summed E-state index contributed by atoms with van der Waals surface area (Å²) in [4.78, 5) is 1.88. The van der Waals surface area contributed by atoms with Gasteiger partial charge in [-0.3, -0.25) is 4.90 Å². The van der Waals surface area contributed by atoms with Crippen molar-refractivity contribution < 1.29 is 13.9 Å². The molecule has 2 aromatic rings.